The summed E-state index contributed by atoms with van der Waals surface area (Å²) in [6.45, 7) is 12.0. The lowest BCUT2D eigenvalue weighted by molar-refractivity contribution is -0.149. The van der Waals surface area contributed by atoms with Gasteiger partial charge in [0.1, 0.15) is 0 Å². The lowest BCUT2D eigenvalue weighted by Gasteiger charge is -2.34. The van der Waals surface area contributed by atoms with Gasteiger partial charge in [-0.15, -0.1) is 0 Å². The van der Waals surface area contributed by atoms with E-state index in [1.165, 1.54) is 0 Å². The number of rotatable bonds is 5. The normalized spacial score (nSPS) is 20.1. The first-order valence-corrected chi connectivity index (χ1v) is 7.78. The zero-order valence-electron chi connectivity index (χ0n) is 13.3. The third kappa shape index (κ3) is 5.39. The molecule has 0 spiro atoms. The van der Waals surface area contributed by atoms with E-state index in [0.29, 0.717) is 19.1 Å². The summed E-state index contributed by atoms with van der Waals surface area (Å²) < 4.78 is 5.14. The highest BCUT2D eigenvalue weighted by atomic mass is 16.5. The molecular weight excluding hydrogens is 254 g/mol. The Bertz CT molecular complexity index is 329. The number of carbonyl (C=O) groups excluding carboxylic acids is 1. The Balaban J connectivity index is 2.66. The SMILES string of the molecule is CCNC(=NCC(C)C)N1CCCC(C(=O)OCC)C1. The number of esters is 1. The predicted molar refractivity (Wildman–Crippen MR) is 81.7 cm³/mol. The van der Waals surface area contributed by atoms with E-state index >= 15 is 0 Å². The predicted octanol–water partition coefficient (Wildman–Crippen LogP) is 1.88. The van der Waals surface area contributed by atoms with Crippen LogP contribution in [0, 0.1) is 11.8 Å². The van der Waals surface area contributed by atoms with Gasteiger partial charge in [-0.1, -0.05) is 13.8 Å². The van der Waals surface area contributed by atoms with Gasteiger partial charge in [-0.05, 0) is 32.6 Å². The van der Waals surface area contributed by atoms with Gasteiger partial charge in [-0.3, -0.25) is 9.79 Å². The Kier molecular flexibility index (Phi) is 7.41. The molecule has 5 heteroatoms. The molecule has 1 unspecified atom stereocenters. The molecule has 0 amide bonds. The smallest absolute Gasteiger partial charge is 0.310 e. The molecule has 116 valence electrons. The standard InChI is InChI=1S/C15H29N3O2/c1-5-16-15(17-10-12(3)4)18-9-7-8-13(11-18)14(19)20-6-2/h12-13H,5-11H2,1-4H3,(H,16,17). The molecular formula is C15H29N3O2. The summed E-state index contributed by atoms with van der Waals surface area (Å²) in [5.41, 5.74) is 0. The number of piperidine rings is 1. The molecule has 0 aliphatic carbocycles. The molecule has 1 fully saturated rings. The average Bonchev–Trinajstić information content (AvgIpc) is 2.43. The van der Waals surface area contributed by atoms with Gasteiger partial charge in [0.05, 0.1) is 12.5 Å². The van der Waals surface area contributed by atoms with E-state index in [1.54, 1.807) is 0 Å². The van der Waals surface area contributed by atoms with Crippen LogP contribution < -0.4 is 5.32 Å². The summed E-state index contributed by atoms with van der Waals surface area (Å²) in [6.07, 6.45) is 1.93. The summed E-state index contributed by atoms with van der Waals surface area (Å²) in [6, 6.07) is 0. The number of aliphatic imine (C=N–C) groups is 1. The Morgan fingerprint density at radius 1 is 1.45 bits per heavy atom. The van der Waals surface area contributed by atoms with Crippen LogP contribution in [-0.2, 0) is 9.53 Å². The maximum absolute atomic E-state index is 11.9. The van der Waals surface area contributed by atoms with Crippen molar-refractivity contribution in [2.45, 2.75) is 40.5 Å². The van der Waals surface area contributed by atoms with Gasteiger partial charge in [0, 0.05) is 26.2 Å². The summed E-state index contributed by atoms with van der Waals surface area (Å²) in [7, 11) is 0. The Hall–Kier alpha value is -1.26. The highest BCUT2D eigenvalue weighted by Crippen LogP contribution is 2.18. The van der Waals surface area contributed by atoms with E-state index in [9.17, 15) is 4.79 Å². The van der Waals surface area contributed by atoms with E-state index in [-0.39, 0.29) is 11.9 Å². The van der Waals surface area contributed by atoms with E-state index in [0.717, 1.165) is 38.4 Å². The second kappa shape index (κ2) is 8.82. The molecule has 0 aromatic rings. The number of carbonyl (C=O) groups is 1. The molecule has 0 aromatic heterocycles. The molecule has 0 saturated carbocycles. The first-order chi connectivity index (χ1) is 9.58. The quantitative estimate of drug-likeness (QED) is 0.475. The Morgan fingerprint density at radius 3 is 2.80 bits per heavy atom. The Morgan fingerprint density at radius 2 is 2.20 bits per heavy atom. The third-order valence-electron chi connectivity index (χ3n) is 3.28. The third-order valence-corrected chi connectivity index (χ3v) is 3.28. The highest BCUT2D eigenvalue weighted by Gasteiger charge is 2.28. The van der Waals surface area contributed by atoms with Gasteiger partial charge >= 0.3 is 5.97 Å². The molecule has 1 atom stereocenters. The van der Waals surface area contributed by atoms with Crippen molar-refractivity contribution in [1.82, 2.24) is 10.2 Å². The van der Waals surface area contributed by atoms with Crippen molar-refractivity contribution < 1.29 is 9.53 Å². The second-order valence-corrected chi connectivity index (χ2v) is 5.63. The van der Waals surface area contributed by atoms with Crippen LogP contribution >= 0.6 is 0 Å². The fourth-order valence-electron chi connectivity index (χ4n) is 2.32. The summed E-state index contributed by atoms with van der Waals surface area (Å²) in [5, 5.41) is 3.32. The van der Waals surface area contributed by atoms with Crippen LogP contribution in [0.25, 0.3) is 0 Å². The van der Waals surface area contributed by atoms with Crippen molar-refractivity contribution in [3.63, 3.8) is 0 Å². The molecule has 0 aromatic carbocycles. The maximum Gasteiger partial charge on any atom is 0.310 e. The minimum atomic E-state index is -0.0723. The fourth-order valence-corrected chi connectivity index (χ4v) is 2.32. The number of hydrogen-bond acceptors (Lipinski definition) is 3. The minimum Gasteiger partial charge on any atom is -0.466 e. The first kappa shape index (κ1) is 16.8. The largest absolute Gasteiger partial charge is 0.466 e. The molecule has 1 saturated heterocycles. The molecule has 1 rings (SSSR count). The van der Waals surface area contributed by atoms with Gasteiger partial charge in [-0.2, -0.15) is 0 Å². The lowest BCUT2D eigenvalue weighted by Crippen LogP contribution is -2.48. The van der Waals surface area contributed by atoms with Crippen LogP contribution in [0.2, 0.25) is 0 Å². The van der Waals surface area contributed by atoms with Gasteiger partial charge in [0.15, 0.2) is 5.96 Å². The zero-order chi connectivity index (χ0) is 15.0. The van der Waals surface area contributed by atoms with Crippen molar-refractivity contribution in [3.05, 3.63) is 0 Å². The van der Waals surface area contributed by atoms with Crippen LogP contribution in [0.4, 0.5) is 0 Å². The molecule has 20 heavy (non-hydrogen) atoms. The second-order valence-electron chi connectivity index (χ2n) is 5.63. The van der Waals surface area contributed by atoms with Crippen LogP contribution in [0.15, 0.2) is 4.99 Å². The molecule has 1 N–H and O–H groups in total. The molecule has 1 heterocycles. The van der Waals surface area contributed by atoms with Crippen LogP contribution in [0.3, 0.4) is 0 Å². The van der Waals surface area contributed by atoms with E-state index in [4.69, 9.17) is 4.74 Å². The van der Waals surface area contributed by atoms with Gasteiger partial charge in [0.25, 0.3) is 0 Å². The summed E-state index contributed by atoms with van der Waals surface area (Å²) >= 11 is 0. The van der Waals surface area contributed by atoms with E-state index in [2.05, 4.69) is 36.0 Å². The van der Waals surface area contributed by atoms with E-state index in [1.807, 2.05) is 6.92 Å². The van der Waals surface area contributed by atoms with Crippen molar-refractivity contribution >= 4 is 11.9 Å². The summed E-state index contributed by atoms with van der Waals surface area (Å²) in [4.78, 5) is 18.7. The van der Waals surface area contributed by atoms with Crippen molar-refractivity contribution in [2.75, 3.05) is 32.8 Å². The van der Waals surface area contributed by atoms with Crippen molar-refractivity contribution in [1.29, 1.82) is 0 Å². The fraction of sp³-hybridized carbons (Fsp3) is 0.867. The van der Waals surface area contributed by atoms with Crippen LogP contribution in [0.1, 0.15) is 40.5 Å². The summed E-state index contributed by atoms with van der Waals surface area (Å²) in [5.74, 6) is 1.37. The monoisotopic (exact) mass is 283 g/mol. The Labute approximate surface area is 122 Å². The number of guanidine groups is 1. The number of likely N-dealkylation sites (tertiary alicyclic amines) is 1. The van der Waals surface area contributed by atoms with E-state index < -0.39 is 0 Å². The molecule has 5 nitrogen and oxygen atoms in total. The van der Waals surface area contributed by atoms with Crippen molar-refractivity contribution in [3.8, 4) is 0 Å². The number of ether oxygens (including phenoxy) is 1. The van der Waals surface area contributed by atoms with Gasteiger partial charge in [-0.25, -0.2) is 0 Å². The lowest BCUT2D eigenvalue weighted by atomic mass is 9.98. The molecule has 1 aliphatic heterocycles. The number of nitrogens with zero attached hydrogens (tertiary/aromatic N) is 2. The first-order valence-electron chi connectivity index (χ1n) is 7.78. The van der Waals surface area contributed by atoms with Gasteiger partial charge < -0.3 is 15.0 Å². The molecule has 0 bridgehead atoms. The minimum absolute atomic E-state index is 0.0217. The molecule has 0 radical (unpaired) electrons. The van der Waals surface area contributed by atoms with Crippen molar-refractivity contribution in [2.24, 2.45) is 16.8 Å². The maximum atomic E-state index is 11.9. The zero-order valence-corrected chi connectivity index (χ0v) is 13.3. The number of hydrogen-bond donors (Lipinski definition) is 1. The van der Waals surface area contributed by atoms with Crippen LogP contribution in [-0.4, -0.2) is 49.6 Å². The topological polar surface area (TPSA) is 53.9 Å². The molecule has 1 aliphatic rings. The van der Waals surface area contributed by atoms with Gasteiger partial charge in [0.2, 0.25) is 0 Å². The highest BCUT2D eigenvalue weighted by molar-refractivity contribution is 5.81. The average molecular weight is 283 g/mol. The van der Waals surface area contributed by atoms with Crippen LogP contribution in [0.5, 0.6) is 0 Å². The number of nitrogens with one attached hydrogen (secondary N) is 1.